The summed E-state index contributed by atoms with van der Waals surface area (Å²) in [5.41, 5.74) is 1.47. The van der Waals surface area contributed by atoms with Crippen molar-refractivity contribution in [1.82, 2.24) is 9.80 Å². The van der Waals surface area contributed by atoms with Crippen LogP contribution in [-0.2, 0) is 10.0 Å². The molecule has 39 heavy (non-hydrogen) atoms. The van der Waals surface area contributed by atoms with Crippen LogP contribution in [0.15, 0.2) is 47.4 Å². The third-order valence-electron chi connectivity index (χ3n) is 8.05. The number of aliphatic hydroxyl groups excluding tert-OH is 1. The van der Waals surface area contributed by atoms with Gasteiger partial charge in [-0.05, 0) is 63.9 Å². The van der Waals surface area contributed by atoms with Crippen molar-refractivity contribution in [2.75, 3.05) is 38.0 Å². The Kier molecular flexibility index (Phi) is 9.56. The molecule has 1 aliphatic heterocycles. The van der Waals surface area contributed by atoms with Crippen LogP contribution in [0.1, 0.15) is 61.9 Å². The number of amides is 1. The van der Waals surface area contributed by atoms with Crippen LogP contribution in [0.3, 0.4) is 0 Å². The molecule has 1 aliphatic carbocycles. The summed E-state index contributed by atoms with van der Waals surface area (Å²) < 4.78 is 35.9. The van der Waals surface area contributed by atoms with Gasteiger partial charge in [0.05, 0.1) is 28.8 Å². The van der Waals surface area contributed by atoms with Crippen molar-refractivity contribution in [2.24, 2.45) is 11.8 Å². The van der Waals surface area contributed by atoms with E-state index in [4.69, 9.17) is 4.74 Å². The monoisotopic (exact) mass is 557 g/mol. The van der Waals surface area contributed by atoms with E-state index in [1.54, 1.807) is 47.4 Å². The number of carbonyl (C=O) groups is 1. The Hall–Kier alpha value is -2.62. The second-order valence-electron chi connectivity index (χ2n) is 11.4. The fraction of sp³-hybridized carbons (Fsp3) is 0.567. The molecular weight excluding hydrogens is 514 g/mol. The van der Waals surface area contributed by atoms with Gasteiger partial charge in [0.2, 0.25) is 0 Å². The van der Waals surface area contributed by atoms with Crippen LogP contribution in [0.4, 0.5) is 5.69 Å². The fourth-order valence-electron chi connectivity index (χ4n) is 5.65. The van der Waals surface area contributed by atoms with E-state index in [1.165, 1.54) is 32.1 Å². The van der Waals surface area contributed by atoms with Gasteiger partial charge in [-0.2, -0.15) is 0 Å². The van der Waals surface area contributed by atoms with E-state index in [0.717, 1.165) is 12.1 Å². The third-order valence-corrected chi connectivity index (χ3v) is 9.43. The van der Waals surface area contributed by atoms with E-state index in [2.05, 4.69) is 16.7 Å². The van der Waals surface area contributed by atoms with Crippen molar-refractivity contribution in [3.8, 4) is 5.75 Å². The maximum Gasteiger partial charge on any atom is 0.262 e. The Morgan fingerprint density at radius 3 is 2.46 bits per heavy atom. The minimum Gasteiger partial charge on any atom is -0.486 e. The number of nitrogens with one attached hydrogen (secondary N) is 1. The molecule has 214 valence electrons. The summed E-state index contributed by atoms with van der Waals surface area (Å²) in [4.78, 5) is 17.8. The molecule has 2 N–H and O–H groups in total. The number of aryl methyl sites for hydroxylation is 1. The van der Waals surface area contributed by atoms with Crippen molar-refractivity contribution in [3.05, 3.63) is 53.6 Å². The van der Waals surface area contributed by atoms with Gasteiger partial charge >= 0.3 is 0 Å². The van der Waals surface area contributed by atoms with Gasteiger partial charge in [0.15, 0.2) is 5.75 Å². The summed E-state index contributed by atoms with van der Waals surface area (Å²) in [5, 5.41) is 9.92. The number of likely N-dealkylation sites (N-methyl/N-ethyl adjacent to an activating group) is 1. The normalized spacial score (nSPS) is 21.6. The number of ether oxygens (including phenoxy) is 1. The molecule has 2 aliphatic rings. The molecule has 3 atom stereocenters. The van der Waals surface area contributed by atoms with Gasteiger partial charge in [0, 0.05) is 25.6 Å². The Bertz CT molecular complexity index is 1230. The summed E-state index contributed by atoms with van der Waals surface area (Å²) in [7, 11) is -1.81. The van der Waals surface area contributed by atoms with Gasteiger partial charge in [-0.1, -0.05) is 49.9 Å². The number of anilines is 1. The van der Waals surface area contributed by atoms with Crippen LogP contribution in [0.2, 0.25) is 0 Å². The van der Waals surface area contributed by atoms with Gasteiger partial charge in [0.1, 0.15) is 6.10 Å². The molecule has 0 bridgehead atoms. The zero-order valence-electron chi connectivity index (χ0n) is 23.6. The summed E-state index contributed by atoms with van der Waals surface area (Å²) in [5.74, 6) is 0.565. The van der Waals surface area contributed by atoms with E-state index in [0.29, 0.717) is 19.0 Å². The number of sulfonamides is 1. The van der Waals surface area contributed by atoms with E-state index in [-0.39, 0.29) is 52.5 Å². The number of carbonyl (C=O) groups excluding carboxylic acids is 1. The number of aliphatic hydroxyl groups is 1. The largest absolute Gasteiger partial charge is 0.486 e. The van der Waals surface area contributed by atoms with Gasteiger partial charge in [-0.15, -0.1) is 0 Å². The fourth-order valence-corrected chi connectivity index (χ4v) is 6.72. The van der Waals surface area contributed by atoms with Crippen molar-refractivity contribution in [2.45, 2.75) is 69.9 Å². The topological polar surface area (TPSA) is 99.2 Å². The van der Waals surface area contributed by atoms with Crippen molar-refractivity contribution in [1.29, 1.82) is 0 Å². The minimum atomic E-state index is -3.92. The smallest absolute Gasteiger partial charge is 0.262 e. The molecule has 4 rings (SSSR count). The third kappa shape index (κ3) is 7.13. The molecule has 0 unspecified atom stereocenters. The molecular formula is C30H43N3O5S. The first kappa shape index (κ1) is 29.4. The van der Waals surface area contributed by atoms with Crippen LogP contribution in [0.25, 0.3) is 0 Å². The number of nitrogens with zero attached hydrogens (tertiary/aromatic N) is 2. The summed E-state index contributed by atoms with van der Waals surface area (Å²) in [6.07, 6.45) is 6.08. The van der Waals surface area contributed by atoms with Crippen LogP contribution >= 0.6 is 0 Å². The zero-order chi connectivity index (χ0) is 28.2. The Labute approximate surface area is 233 Å². The van der Waals surface area contributed by atoms with E-state index in [9.17, 15) is 18.3 Å². The second-order valence-corrected chi connectivity index (χ2v) is 13.1. The molecule has 9 heteroatoms. The maximum absolute atomic E-state index is 13.7. The lowest BCUT2D eigenvalue weighted by Gasteiger charge is -2.39. The van der Waals surface area contributed by atoms with E-state index >= 15 is 0 Å². The first-order chi connectivity index (χ1) is 18.6. The molecule has 2 aromatic rings. The predicted octanol–water partition coefficient (Wildman–Crippen LogP) is 4.53. The molecule has 0 spiro atoms. The molecule has 1 fully saturated rings. The first-order valence-corrected chi connectivity index (χ1v) is 15.6. The molecule has 0 aromatic heterocycles. The second kappa shape index (κ2) is 12.7. The van der Waals surface area contributed by atoms with Crippen LogP contribution in [-0.4, -0.2) is 74.7 Å². The van der Waals surface area contributed by atoms with E-state index < -0.39 is 10.0 Å². The van der Waals surface area contributed by atoms with Crippen molar-refractivity contribution < 1.29 is 23.1 Å². The highest BCUT2D eigenvalue weighted by Gasteiger charge is 2.35. The minimum absolute atomic E-state index is 0.0494. The maximum atomic E-state index is 13.7. The molecule has 0 saturated heterocycles. The highest BCUT2D eigenvalue weighted by atomic mass is 32.2. The van der Waals surface area contributed by atoms with Crippen LogP contribution in [0.5, 0.6) is 5.75 Å². The molecule has 8 nitrogen and oxygen atoms in total. The summed E-state index contributed by atoms with van der Waals surface area (Å²) >= 11 is 0. The molecule has 1 heterocycles. The Morgan fingerprint density at radius 1 is 1.10 bits per heavy atom. The Morgan fingerprint density at radius 2 is 1.79 bits per heavy atom. The van der Waals surface area contributed by atoms with E-state index in [1.807, 2.05) is 20.8 Å². The predicted molar refractivity (Wildman–Crippen MR) is 154 cm³/mol. The number of hydrogen-bond donors (Lipinski definition) is 2. The highest BCUT2D eigenvalue weighted by Crippen LogP contribution is 2.36. The molecule has 0 radical (unpaired) electrons. The standard InChI is InChI=1S/C30H43N3O5S/c1-21-13-15-25(16-14-21)39(36,37)31-27-12-8-11-26-29(27)38-28(19-32(4)18-24-9-6-5-7-10-24)22(2)17-33(30(26)35)23(3)20-34/h8,11-16,22-24,28,31,34H,5-7,9-10,17-20H2,1-4H3/t22-,23-,28+/m1/s1. The SMILES string of the molecule is Cc1ccc(S(=O)(=O)Nc2cccc3c2O[C@@H](CN(C)CC2CCCCC2)[C@H](C)CN([C@H](C)CO)C3=O)cc1. The van der Waals surface area contributed by atoms with Gasteiger partial charge in [-0.3, -0.25) is 9.52 Å². The number of fused-ring (bicyclic) bond motifs is 1. The molecule has 1 saturated carbocycles. The lowest BCUT2D eigenvalue weighted by molar-refractivity contribution is 0.0333. The van der Waals surface area contributed by atoms with Gasteiger partial charge < -0.3 is 19.6 Å². The van der Waals surface area contributed by atoms with Crippen molar-refractivity contribution >= 4 is 21.6 Å². The number of rotatable bonds is 9. The van der Waals surface area contributed by atoms with Crippen molar-refractivity contribution in [3.63, 3.8) is 0 Å². The lowest BCUT2D eigenvalue weighted by atomic mass is 9.89. The van der Waals surface area contributed by atoms with Gasteiger partial charge in [0.25, 0.3) is 15.9 Å². The average molecular weight is 558 g/mol. The molecule has 2 aromatic carbocycles. The average Bonchev–Trinajstić information content (AvgIpc) is 2.91. The number of benzene rings is 2. The summed E-state index contributed by atoms with van der Waals surface area (Å²) in [6.45, 7) is 7.66. The zero-order valence-corrected chi connectivity index (χ0v) is 24.4. The lowest BCUT2D eigenvalue weighted by Crippen LogP contribution is -2.50. The van der Waals surface area contributed by atoms with Crippen LogP contribution < -0.4 is 9.46 Å². The highest BCUT2D eigenvalue weighted by molar-refractivity contribution is 7.92. The molecule has 1 amide bonds. The number of para-hydroxylation sites is 1. The van der Waals surface area contributed by atoms with Crippen LogP contribution in [0, 0.1) is 18.8 Å². The quantitative estimate of drug-likeness (QED) is 0.470. The first-order valence-electron chi connectivity index (χ1n) is 14.1. The van der Waals surface area contributed by atoms with Gasteiger partial charge in [-0.25, -0.2) is 8.42 Å². The number of hydrogen-bond acceptors (Lipinski definition) is 6. The summed E-state index contributed by atoms with van der Waals surface area (Å²) in [6, 6.07) is 11.2. The Balaban J connectivity index is 1.68.